The van der Waals surface area contributed by atoms with E-state index in [-0.39, 0.29) is 0 Å². The van der Waals surface area contributed by atoms with Crippen LogP contribution in [0.4, 0.5) is 13.2 Å². The Balaban J connectivity index is 1.50. The molecule has 2 aliphatic rings. The van der Waals surface area contributed by atoms with Gasteiger partial charge in [0.05, 0.1) is 30.7 Å². The number of alkyl halides is 3. The first-order valence-electron chi connectivity index (χ1n) is 9.57. The molecule has 146 valence electrons. The molecular weight excluding hydrogens is 355 g/mol. The van der Waals surface area contributed by atoms with Gasteiger partial charge in [-0.2, -0.15) is 18.3 Å². The van der Waals surface area contributed by atoms with Crippen molar-refractivity contribution in [3.05, 3.63) is 47.3 Å². The van der Waals surface area contributed by atoms with E-state index in [1.165, 1.54) is 17.7 Å². The largest absolute Gasteiger partial charge is 0.416 e. The third-order valence-corrected chi connectivity index (χ3v) is 5.64. The van der Waals surface area contributed by atoms with Crippen LogP contribution in [0.25, 0.3) is 5.69 Å². The van der Waals surface area contributed by atoms with Crippen LogP contribution in [0.3, 0.4) is 0 Å². The highest BCUT2D eigenvalue weighted by Crippen LogP contribution is 2.36. The monoisotopic (exact) mass is 379 g/mol. The summed E-state index contributed by atoms with van der Waals surface area (Å²) >= 11 is 0. The number of hydrogen-bond donors (Lipinski definition) is 0. The minimum Gasteiger partial charge on any atom is -0.379 e. The quantitative estimate of drug-likeness (QED) is 0.803. The fourth-order valence-corrected chi connectivity index (χ4v) is 4.13. The van der Waals surface area contributed by atoms with Crippen LogP contribution in [0.1, 0.15) is 42.0 Å². The first kappa shape index (κ1) is 18.5. The maximum absolute atomic E-state index is 12.8. The summed E-state index contributed by atoms with van der Waals surface area (Å²) < 4.78 is 45.6. The smallest absolute Gasteiger partial charge is 0.379 e. The molecule has 1 aromatic carbocycles. The van der Waals surface area contributed by atoms with E-state index in [2.05, 4.69) is 10.00 Å². The number of halogens is 3. The van der Waals surface area contributed by atoms with Crippen LogP contribution in [-0.2, 0) is 17.3 Å². The molecule has 1 aliphatic carbocycles. The van der Waals surface area contributed by atoms with Gasteiger partial charge in [-0.3, -0.25) is 4.90 Å². The molecular formula is C20H24F3N3O. The number of fused-ring (bicyclic) bond motifs is 1. The number of morpholine rings is 1. The van der Waals surface area contributed by atoms with E-state index >= 15 is 0 Å². The van der Waals surface area contributed by atoms with Crippen molar-refractivity contribution in [3.8, 4) is 5.69 Å². The maximum Gasteiger partial charge on any atom is 0.416 e. The molecule has 1 atom stereocenters. The summed E-state index contributed by atoms with van der Waals surface area (Å²) in [6.07, 6.45) is 1.85. The van der Waals surface area contributed by atoms with Gasteiger partial charge in [-0.05, 0) is 68.0 Å². The second kappa shape index (κ2) is 7.64. The molecule has 0 saturated carbocycles. The minimum absolute atomic E-state index is 0.472. The molecule has 27 heavy (non-hydrogen) atoms. The predicted octanol–water partition coefficient (Wildman–Crippen LogP) is 4.03. The van der Waals surface area contributed by atoms with Crippen molar-refractivity contribution >= 4 is 0 Å². The molecule has 7 heteroatoms. The molecule has 0 spiro atoms. The van der Waals surface area contributed by atoms with Crippen molar-refractivity contribution in [2.24, 2.45) is 0 Å². The molecule has 4 rings (SSSR count). The van der Waals surface area contributed by atoms with E-state index in [0.717, 1.165) is 76.4 Å². The molecule has 0 amide bonds. The lowest BCUT2D eigenvalue weighted by atomic mass is 9.84. The van der Waals surface area contributed by atoms with E-state index in [4.69, 9.17) is 4.74 Å². The number of rotatable bonds is 4. The maximum atomic E-state index is 12.8. The third kappa shape index (κ3) is 4.04. The molecule has 0 bridgehead atoms. The Morgan fingerprint density at radius 2 is 1.85 bits per heavy atom. The number of nitrogens with zero attached hydrogens (tertiary/aromatic N) is 3. The van der Waals surface area contributed by atoms with Crippen molar-refractivity contribution in [1.82, 2.24) is 14.7 Å². The predicted molar refractivity (Wildman–Crippen MR) is 96.1 cm³/mol. The second-order valence-electron chi connectivity index (χ2n) is 7.33. The zero-order chi connectivity index (χ0) is 18.9. The van der Waals surface area contributed by atoms with E-state index < -0.39 is 11.7 Å². The third-order valence-electron chi connectivity index (χ3n) is 5.64. The summed E-state index contributed by atoms with van der Waals surface area (Å²) in [6.45, 7) is 4.65. The van der Waals surface area contributed by atoms with Crippen molar-refractivity contribution < 1.29 is 17.9 Å². The average Bonchev–Trinajstić information content (AvgIpc) is 3.11. The molecule has 1 aromatic heterocycles. The summed E-state index contributed by atoms with van der Waals surface area (Å²) in [6, 6.07) is 5.27. The van der Waals surface area contributed by atoms with Crippen LogP contribution in [0.5, 0.6) is 0 Å². The molecule has 1 fully saturated rings. The molecule has 1 saturated heterocycles. The Morgan fingerprint density at radius 1 is 1.11 bits per heavy atom. The first-order chi connectivity index (χ1) is 13.0. The lowest BCUT2D eigenvalue weighted by molar-refractivity contribution is -0.137. The number of hydrogen-bond acceptors (Lipinski definition) is 3. The van der Waals surface area contributed by atoms with Gasteiger partial charge in [-0.25, -0.2) is 4.68 Å². The lowest BCUT2D eigenvalue weighted by Crippen LogP contribution is -2.37. The van der Waals surface area contributed by atoms with Crippen LogP contribution >= 0.6 is 0 Å². The number of ether oxygens (including phenoxy) is 1. The highest BCUT2D eigenvalue weighted by atomic mass is 19.4. The highest BCUT2D eigenvalue weighted by molar-refractivity contribution is 5.39. The molecule has 0 N–H and O–H groups in total. The Hall–Kier alpha value is -1.86. The average molecular weight is 379 g/mol. The normalized spacial score (nSPS) is 21.2. The van der Waals surface area contributed by atoms with Crippen LogP contribution < -0.4 is 0 Å². The van der Waals surface area contributed by atoms with Gasteiger partial charge >= 0.3 is 6.18 Å². The van der Waals surface area contributed by atoms with Gasteiger partial charge < -0.3 is 4.74 Å². The Bertz CT molecular complexity index is 764. The van der Waals surface area contributed by atoms with Gasteiger partial charge in [-0.15, -0.1) is 0 Å². The molecule has 2 aromatic rings. The molecule has 1 aliphatic heterocycles. The van der Waals surface area contributed by atoms with E-state index in [1.807, 2.05) is 10.9 Å². The molecule has 0 radical (unpaired) electrons. The van der Waals surface area contributed by atoms with Crippen LogP contribution in [-0.4, -0.2) is 47.5 Å². The van der Waals surface area contributed by atoms with Crippen molar-refractivity contribution in [1.29, 1.82) is 0 Å². The van der Waals surface area contributed by atoms with Crippen LogP contribution in [0.15, 0.2) is 30.5 Å². The topological polar surface area (TPSA) is 30.3 Å². The number of aromatic nitrogens is 2. The Kier molecular flexibility index (Phi) is 5.23. The fourth-order valence-electron chi connectivity index (χ4n) is 4.13. The minimum atomic E-state index is -4.31. The van der Waals surface area contributed by atoms with Gasteiger partial charge in [-0.1, -0.05) is 0 Å². The summed E-state index contributed by atoms with van der Waals surface area (Å²) in [5.74, 6) is 0.472. The zero-order valence-electron chi connectivity index (χ0n) is 15.2. The lowest BCUT2D eigenvalue weighted by Gasteiger charge is -2.29. The molecule has 1 unspecified atom stereocenters. The van der Waals surface area contributed by atoms with Crippen molar-refractivity contribution in [3.63, 3.8) is 0 Å². The van der Waals surface area contributed by atoms with Gasteiger partial charge in [0.1, 0.15) is 0 Å². The number of benzene rings is 1. The summed E-state index contributed by atoms with van der Waals surface area (Å²) in [5, 5.41) is 4.51. The Morgan fingerprint density at radius 3 is 2.56 bits per heavy atom. The van der Waals surface area contributed by atoms with E-state index in [0.29, 0.717) is 11.6 Å². The van der Waals surface area contributed by atoms with Crippen molar-refractivity contribution in [2.45, 2.75) is 37.8 Å². The second-order valence-corrected chi connectivity index (χ2v) is 7.33. The SMILES string of the molecule is FC(F)(F)c1ccc(-n2ncc3c2CCCC3CCN2CCOCC2)cc1. The first-order valence-corrected chi connectivity index (χ1v) is 9.57. The van der Waals surface area contributed by atoms with Crippen LogP contribution in [0, 0.1) is 0 Å². The summed E-state index contributed by atoms with van der Waals surface area (Å²) in [4.78, 5) is 2.44. The van der Waals surface area contributed by atoms with Crippen molar-refractivity contribution in [2.75, 3.05) is 32.8 Å². The van der Waals surface area contributed by atoms with E-state index in [1.54, 1.807) is 0 Å². The summed E-state index contributed by atoms with van der Waals surface area (Å²) in [7, 11) is 0. The zero-order valence-corrected chi connectivity index (χ0v) is 15.2. The van der Waals surface area contributed by atoms with Gasteiger partial charge in [0.25, 0.3) is 0 Å². The van der Waals surface area contributed by atoms with Gasteiger partial charge in [0.2, 0.25) is 0 Å². The Labute approximate surface area is 156 Å². The van der Waals surface area contributed by atoms with Gasteiger partial charge in [0, 0.05) is 18.8 Å². The standard InChI is InChI=1S/C20H24F3N3O/c21-20(22,23)16-4-6-17(7-5-16)26-19-3-1-2-15(18(19)14-24-26)8-9-25-10-12-27-13-11-25/h4-7,14-15H,1-3,8-13H2. The highest BCUT2D eigenvalue weighted by Gasteiger charge is 2.30. The van der Waals surface area contributed by atoms with E-state index in [9.17, 15) is 13.2 Å². The molecule has 4 nitrogen and oxygen atoms in total. The van der Waals surface area contributed by atoms with Gasteiger partial charge in [0.15, 0.2) is 0 Å². The molecule has 2 heterocycles. The van der Waals surface area contributed by atoms with Crippen LogP contribution in [0.2, 0.25) is 0 Å². The summed E-state index contributed by atoms with van der Waals surface area (Å²) in [5.41, 5.74) is 2.47. The fraction of sp³-hybridized carbons (Fsp3) is 0.550.